The zero-order valence-corrected chi connectivity index (χ0v) is 11.9. The van der Waals surface area contributed by atoms with Gasteiger partial charge in [-0.15, -0.1) is 0 Å². The predicted molar refractivity (Wildman–Crippen MR) is 77.0 cm³/mol. The Morgan fingerprint density at radius 3 is 2.65 bits per heavy atom. The van der Waals surface area contributed by atoms with Gasteiger partial charge < -0.3 is 14.8 Å². The standard InChI is InChI=1S/C15H19NO4/c1-4-6-11(17)9-10-16-14-12(15(18)20-3)7-5-8-13(14)19-2/h5,7-10,16H,4,6H2,1-3H3/b10-9+. The van der Waals surface area contributed by atoms with Crippen LogP contribution in [0.2, 0.25) is 0 Å². The number of anilines is 1. The van der Waals surface area contributed by atoms with E-state index in [0.29, 0.717) is 23.4 Å². The van der Waals surface area contributed by atoms with Crippen molar-refractivity contribution in [1.29, 1.82) is 0 Å². The third-order valence-electron chi connectivity index (χ3n) is 2.64. The average molecular weight is 277 g/mol. The van der Waals surface area contributed by atoms with Crippen LogP contribution in [0, 0.1) is 0 Å². The summed E-state index contributed by atoms with van der Waals surface area (Å²) in [6.07, 6.45) is 4.23. The van der Waals surface area contributed by atoms with E-state index in [9.17, 15) is 9.59 Å². The van der Waals surface area contributed by atoms with Crippen molar-refractivity contribution in [2.75, 3.05) is 19.5 Å². The maximum absolute atomic E-state index is 11.7. The molecule has 5 nitrogen and oxygen atoms in total. The molecule has 1 aromatic carbocycles. The van der Waals surface area contributed by atoms with Gasteiger partial charge in [-0.3, -0.25) is 4.79 Å². The Hall–Kier alpha value is -2.30. The third-order valence-corrected chi connectivity index (χ3v) is 2.64. The summed E-state index contributed by atoms with van der Waals surface area (Å²) in [5.41, 5.74) is 0.821. The van der Waals surface area contributed by atoms with E-state index in [1.165, 1.54) is 26.5 Å². The van der Waals surface area contributed by atoms with E-state index >= 15 is 0 Å². The molecule has 108 valence electrons. The first-order chi connectivity index (χ1) is 9.63. The molecule has 0 bridgehead atoms. The normalized spacial score (nSPS) is 10.3. The van der Waals surface area contributed by atoms with Gasteiger partial charge in [-0.05, 0) is 24.6 Å². The average Bonchev–Trinajstić information content (AvgIpc) is 2.46. The van der Waals surface area contributed by atoms with E-state index in [2.05, 4.69) is 5.32 Å². The topological polar surface area (TPSA) is 64.6 Å². The lowest BCUT2D eigenvalue weighted by Crippen LogP contribution is -2.07. The summed E-state index contributed by atoms with van der Waals surface area (Å²) in [7, 11) is 2.82. The Labute approximate surface area is 118 Å². The van der Waals surface area contributed by atoms with Crippen LogP contribution in [0.5, 0.6) is 5.75 Å². The van der Waals surface area contributed by atoms with Crippen LogP contribution in [0.15, 0.2) is 30.5 Å². The zero-order valence-electron chi connectivity index (χ0n) is 11.9. The van der Waals surface area contributed by atoms with E-state index < -0.39 is 5.97 Å². The first kappa shape index (κ1) is 15.8. The Balaban J connectivity index is 2.97. The van der Waals surface area contributed by atoms with Crippen LogP contribution >= 0.6 is 0 Å². The number of ether oxygens (including phenoxy) is 2. The number of ketones is 1. The molecule has 1 aromatic rings. The van der Waals surface area contributed by atoms with Crippen LogP contribution in [0.4, 0.5) is 5.69 Å². The number of hydrogen-bond donors (Lipinski definition) is 1. The molecule has 0 heterocycles. The molecule has 0 aliphatic heterocycles. The molecule has 5 heteroatoms. The van der Waals surface area contributed by atoms with Gasteiger partial charge in [-0.2, -0.15) is 0 Å². The fraction of sp³-hybridized carbons (Fsp3) is 0.333. The molecule has 0 fully saturated rings. The number of esters is 1. The lowest BCUT2D eigenvalue weighted by Gasteiger charge is -2.12. The van der Waals surface area contributed by atoms with E-state index in [1.54, 1.807) is 18.2 Å². The fourth-order valence-corrected chi connectivity index (χ4v) is 1.68. The summed E-state index contributed by atoms with van der Waals surface area (Å²) < 4.78 is 9.91. The molecule has 0 atom stereocenters. The Bertz CT molecular complexity index is 509. The molecule has 0 aromatic heterocycles. The number of para-hydroxylation sites is 1. The van der Waals surface area contributed by atoms with Crippen LogP contribution in [0.3, 0.4) is 0 Å². The molecular weight excluding hydrogens is 258 g/mol. The monoisotopic (exact) mass is 277 g/mol. The summed E-state index contributed by atoms with van der Waals surface area (Å²) in [4.78, 5) is 23.1. The van der Waals surface area contributed by atoms with Crippen LogP contribution in [-0.2, 0) is 9.53 Å². The number of benzene rings is 1. The summed E-state index contributed by atoms with van der Waals surface area (Å²) in [5.74, 6) is 0.0506. The number of hydrogen-bond acceptors (Lipinski definition) is 5. The van der Waals surface area contributed by atoms with Gasteiger partial charge in [0.15, 0.2) is 5.78 Å². The highest BCUT2D eigenvalue weighted by molar-refractivity contribution is 5.97. The first-order valence-electron chi connectivity index (χ1n) is 6.35. The van der Waals surface area contributed by atoms with Crippen molar-refractivity contribution in [3.8, 4) is 5.75 Å². The molecule has 0 radical (unpaired) electrons. The zero-order chi connectivity index (χ0) is 15.0. The quantitative estimate of drug-likeness (QED) is 0.613. The summed E-state index contributed by atoms with van der Waals surface area (Å²) in [6, 6.07) is 5.04. The second-order valence-corrected chi connectivity index (χ2v) is 4.07. The Morgan fingerprint density at radius 1 is 1.30 bits per heavy atom. The molecule has 1 rings (SSSR count). The highest BCUT2D eigenvalue weighted by atomic mass is 16.5. The van der Waals surface area contributed by atoms with Crippen molar-refractivity contribution in [3.63, 3.8) is 0 Å². The van der Waals surface area contributed by atoms with Crippen LogP contribution in [0.25, 0.3) is 0 Å². The third kappa shape index (κ3) is 4.12. The highest BCUT2D eigenvalue weighted by Gasteiger charge is 2.14. The van der Waals surface area contributed by atoms with Crippen molar-refractivity contribution in [2.45, 2.75) is 19.8 Å². The minimum Gasteiger partial charge on any atom is -0.495 e. The van der Waals surface area contributed by atoms with Crippen molar-refractivity contribution in [1.82, 2.24) is 0 Å². The summed E-state index contributed by atoms with van der Waals surface area (Å²) in [6.45, 7) is 1.94. The molecule has 1 N–H and O–H groups in total. The van der Waals surface area contributed by atoms with Crippen molar-refractivity contribution in [2.24, 2.45) is 0 Å². The van der Waals surface area contributed by atoms with Crippen LogP contribution in [-0.4, -0.2) is 26.0 Å². The van der Waals surface area contributed by atoms with Crippen molar-refractivity contribution in [3.05, 3.63) is 36.0 Å². The van der Waals surface area contributed by atoms with Gasteiger partial charge in [-0.25, -0.2) is 4.79 Å². The minimum absolute atomic E-state index is 0.0227. The molecule has 20 heavy (non-hydrogen) atoms. The molecule has 0 saturated carbocycles. The van der Waals surface area contributed by atoms with Crippen LogP contribution in [0.1, 0.15) is 30.1 Å². The van der Waals surface area contributed by atoms with E-state index in [4.69, 9.17) is 9.47 Å². The first-order valence-corrected chi connectivity index (χ1v) is 6.35. The second-order valence-electron chi connectivity index (χ2n) is 4.07. The highest BCUT2D eigenvalue weighted by Crippen LogP contribution is 2.28. The Morgan fingerprint density at radius 2 is 2.05 bits per heavy atom. The van der Waals surface area contributed by atoms with Gasteiger partial charge >= 0.3 is 5.97 Å². The van der Waals surface area contributed by atoms with Crippen molar-refractivity contribution < 1.29 is 19.1 Å². The smallest absolute Gasteiger partial charge is 0.340 e. The number of carbonyl (C=O) groups is 2. The molecule has 0 aliphatic carbocycles. The number of rotatable bonds is 7. The Kier molecular flexibility index (Phi) is 6.29. The lowest BCUT2D eigenvalue weighted by molar-refractivity contribution is -0.114. The molecule has 0 unspecified atom stereocenters. The molecule has 0 amide bonds. The molecule has 0 spiro atoms. The number of allylic oxidation sites excluding steroid dienone is 1. The predicted octanol–water partition coefficient (Wildman–Crippen LogP) is 2.78. The fourth-order valence-electron chi connectivity index (χ4n) is 1.68. The molecule has 0 saturated heterocycles. The van der Waals surface area contributed by atoms with Gasteiger partial charge in [0, 0.05) is 12.6 Å². The van der Waals surface area contributed by atoms with E-state index in [-0.39, 0.29) is 5.78 Å². The molecular formula is C15H19NO4. The van der Waals surface area contributed by atoms with Crippen molar-refractivity contribution >= 4 is 17.4 Å². The minimum atomic E-state index is -0.473. The number of carbonyl (C=O) groups excluding carboxylic acids is 2. The summed E-state index contributed by atoms with van der Waals surface area (Å²) >= 11 is 0. The van der Waals surface area contributed by atoms with Gasteiger partial charge in [0.05, 0.1) is 25.5 Å². The maximum atomic E-state index is 11.7. The van der Waals surface area contributed by atoms with Gasteiger partial charge in [0.1, 0.15) is 5.75 Å². The number of nitrogens with one attached hydrogen (secondary N) is 1. The van der Waals surface area contributed by atoms with E-state index in [0.717, 1.165) is 6.42 Å². The molecule has 0 aliphatic rings. The van der Waals surface area contributed by atoms with Gasteiger partial charge in [-0.1, -0.05) is 13.0 Å². The largest absolute Gasteiger partial charge is 0.495 e. The van der Waals surface area contributed by atoms with Gasteiger partial charge in [0.2, 0.25) is 0 Å². The van der Waals surface area contributed by atoms with E-state index in [1.807, 2.05) is 6.92 Å². The van der Waals surface area contributed by atoms with Crippen LogP contribution < -0.4 is 10.1 Å². The lowest BCUT2D eigenvalue weighted by atomic mass is 10.1. The second kappa shape index (κ2) is 7.99. The summed E-state index contributed by atoms with van der Waals surface area (Å²) in [5, 5.41) is 2.91. The maximum Gasteiger partial charge on any atom is 0.340 e. The van der Waals surface area contributed by atoms with Gasteiger partial charge in [0.25, 0.3) is 0 Å². The SMILES string of the molecule is CCCC(=O)/C=C/Nc1c(OC)cccc1C(=O)OC. The number of methoxy groups -OCH3 is 2.